The molecule has 1 rings (SSSR count). The Kier molecular flexibility index (Phi) is 5.82. The molecule has 1 aromatic rings. The Hall–Kier alpha value is -1.07. The molecule has 0 amide bonds. The number of nitrogens with zero attached hydrogens (tertiary/aromatic N) is 1. The van der Waals surface area contributed by atoms with Crippen molar-refractivity contribution >= 4 is 15.5 Å². The molecule has 19 heavy (non-hydrogen) atoms. The summed E-state index contributed by atoms with van der Waals surface area (Å²) in [6.07, 6.45) is 0.624. The zero-order valence-corrected chi connectivity index (χ0v) is 12.7. The fourth-order valence-corrected chi connectivity index (χ4v) is 3.11. The summed E-state index contributed by atoms with van der Waals surface area (Å²) >= 11 is 0. The number of benzene rings is 1. The molecular weight excluding hydrogens is 262 g/mol. The van der Waals surface area contributed by atoms with Gasteiger partial charge in [0, 0.05) is 19.2 Å². The third-order valence-corrected chi connectivity index (χ3v) is 4.85. The summed E-state index contributed by atoms with van der Waals surface area (Å²) in [5, 5.41) is 8.97. The van der Waals surface area contributed by atoms with Crippen LogP contribution in [0.4, 0.5) is 5.69 Å². The van der Waals surface area contributed by atoms with Crippen LogP contribution in [-0.2, 0) is 9.84 Å². The SMILES string of the molecule is CCS(=O)(=O)c1ccccc1N(CCCO)C(C)C. The Balaban J connectivity index is 3.24. The average Bonchev–Trinajstić information content (AvgIpc) is 2.39. The Morgan fingerprint density at radius 1 is 1.26 bits per heavy atom. The van der Waals surface area contributed by atoms with Crippen LogP contribution >= 0.6 is 0 Å². The Labute approximate surface area is 116 Å². The van der Waals surface area contributed by atoms with E-state index in [0.717, 1.165) is 5.69 Å². The van der Waals surface area contributed by atoms with E-state index >= 15 is 0 Å². The van der Waals surface area contributed by atoms with E-state index in [4.69, 9.17) is 5.11 Å². The smallest absolute Gasteiger partial charge is 0.180 e. The molecular formula is C14H23NO3S. The highest BCUT2D eigenvalue weighted by Gasteiger charge is 2.21. The predicted molar refractivity (Wildman–Crippen MR) is 78.4 cm³/mol. The summed E-state index contributed by atoms with van der Waals surface area (Å²) in [5.41, 5.74) is 0.729. The first-order valence-corrected chi connectivity index (χ1v) is 8.28. The minimum absolute atomic E-state index is 0.0932. The third kappa shape index (κ3) is 3.94. The monoisotopic (exact) mass is 285 g/mol. The van der Waals surface area contributed by atoms with Gasteiger partial charge in [0.15, 0.2) is 9.84 Å². The highest BCUT2D eigenvalue weighted by atomic mass is 32.2. The molecule has 108 valence electrons. The van der Waals surface area contributed by atoms with Crippen molar-refractivity contribution in [2.24, 2.45) is 0 Å². The molecule has 5 heteroatoms. The van der Waals surface area contributed by atoms with Crippen LogP contribution in [0, 0.1) is 0 Å². The molecule has 1 aromatic carbocycles. The van der Waals surface area contributed by atoms with Crippen LogP contribution in [0.1, 0.15) is 27.2 Å². The number of anilines is 1. The van der Waals surface area contributed by atoms with Crippen molar-refractivity contribution in [3.05, 3.63) is 24.3 Å². The fourth-order valence-electron chi connectivity index (χ4n) is 2.01. The first kappa shape index (κ1) is 16.0. The first-order chi connectivity index (χ1) is 8.94. The lowest BCUT2D eigenvalue weighted by Crippen LogP contribution is -2.33. The Morgan fingerprint density at radius 2 is 1.89 bits per heavy atom. The molecule has 0 unspecified atom stereocenters. The lowest BCUT2D eigenvalue weighted by atomic mass is 10.2. The quantitative estimate of drug-likeness (QED) is 0.833. The molecule has 0 aliphatic rings. The summed E-state index contributed by atoms with van der Waals surface area (Å²) in [7, 11) is -3.24. The summed E-state index contributed by atoms with van der Waals surface area (Å²) in [6, 6.07) is 7.26. The normalized spacial score (nSPS) is 11.8. The number of hydrogen-bond donors (Lipinski definition) is 1. The maximum absolute atomic E-state index is 12.1. The summed E-state index contributed by atoms with van der Waals surface area (Å²) in [4.78, 5) is 2.41. The van der Waals surface area contributed by atoms with Gasteiger partial charge in [-0.15, -0.1) is 0 Å². The van der Waals surface area contributed by atoms with Crippen molar-refractivity contribution in [1.82, 2.24) is 0 Å². The number of rotatable bonds is 7. The van der Waals surface area contributed by atoms with E-state index in [-0.39, 0.29) is 18.4 Å². The number of sulfone groups is 1. The number of aliphatic hydroxyl groups is 1. The van der Waals surface area contributed by atoms with E-state index in [2.05, 4.69) is 0 Å². The second-order valence-electron chi connectivity index (χ2n) is 4.74. The molecule has 0 aromatic heterocycles. The molecule has 0 atom stereocenters. The molecule has 0 saturated carbocycles. The summed E-state index contributed by atoms with van der Waals surface area (Å²) in [5.74, 6) is 0.0932. The van der Waals surface area contributed by atoms with Crippen molar-refractivity contribution in [2.45, 2.75) is 38.1 Å². The fraction of sp³-hybridized carbons (Fsp3) is 0.571. The van der Waals surface area contributed by atoms with Gasteiger partial charge in [0.2, 0.25) is 0 Å². The average molecular weight is 285 g/mol. The third-order valence-electron chi connectivity index (χ3n) is 3.07. The van der Waals surface area contributed by atoms with Gasteiger partial charge in [0.05, 0.1) is 16.3 Å². The second-order valence-corrected chi connectivity index (χ2v) is 6.98. The van der Waals surface area contributed by atoms with Crippen molar-refractivity contribution in [3.63, 3.8) is 0 Å². The zero-order valence-electron chi connectivity index (χ0n) is 11.8. The zero-order chi connectivity index (χ0) is 14.5. The largest absolute Gasteiger partial charge is 0.396 e. The molecule has 0 saturated heterocycles. The Bertz CT molecular complexity index is 497. The minimum Gasteiger partial charge on any atom is -0.396 e. The second kappa shape index (κ2) is 6.91. The molecule has 0 heterocycles. The summed E-state index contributed by atoms with van der Waals surface area (Å²) < 4.78 is 24.3. The van der Waals surface area contributed by atoms with Crippen molar-refractivity contribution in [2.75, 3.05) is 23.8 Å². The Morgan fingerprint density at radius 3 is 2.42 bits per heavy atom. The van der Waals surface area contributed by atoms with Crippen LogP contribution < -0.4 is 4.90 Å². The maximum Gasteiger partial charge on any atom is 0.180 e. The van der Waals surface area contributed by atoms with E-state index in [1.165, 1.54) is 0 Å². The van der Waals surface area contributed by atoms with Gasteiger partial charge in [0.25, 0.3) is 0 Å². The highest BCUT2D eigenvalue weighted by molar-refractivity contribution is 7.91. The standard InChI is InChI=1S/C14H23NO3S/c1-4-19(17,18)14-9-6-5-8-13(14)15(12(2)3)10-7-11-16/h5-6,8-9,12,16H,4,7,10-11H2,1-3H3. The molecule has 0 bridgehead atoms. The van der Waals surface area contributed by atoms with Crippen LogP contribution in [0.15, 0.2) is 29.2 Å². The molecule has 1 N–H and O–H groups in total. The molecule has 0 spiro atoms. The lowest BCUT2D eigenvalue weighted by molar-refractivity contribution is 0.288. The van der Waals surface area contributed by atoms with Gasteiger partial charge >= 0.3 is 0 Å². The predicted octanol–water partition coefficient (Wildman–Crippen LogP) is 2.08. The van der Waals surface area contributed by atoms with Crippen LogP contribution in [0.2, 0.25) is 0 Å². The van der Waals surface area contributed by atoms with Gasteiger partial charge in [-0.3, -0.25) is 0 Å². The van der Waals surface area contributed by atoms with Gasteiger partial charge in [-0.1, -0.05) is 19.1 Å². The lowest BCUT2D eigenvalue weighted by Gasteiger charge is -2.30. The molecule has 4 nitrogen and oxygen atoms in total. The van der Waals surface area contributed by atoms with Gasteiger partial charge in [-0.25, -0.2) is 8.42 Å². The molecule has 0 aliphatic carbocycles. The van der Waals surface area contributed by atoms with Gasteiger partial charge < -0.3 is 10.0 Å². The van der Waals surface area contributed by atoms with E-state index in [0.29, 0.717) is 17.9 Å². The molecule has 0 fully saturated rings. The van der Waals surface area contributed by atoms with Crippen LogP contribution in [0.25, 0.3) is 0 Å². The van der Waals surface area contributed by atoms with Crippen molar-refractivity contribution in [3.8, 4) is 0 Å². The van der Waals surface area contributed by atoms with Crippen LogP contribution in [-0.4, -0.2) is 38.5 Å². The van der Waals surface area contributed by atoms with E-state index in [9.17, 15) is 8.42 Å². The maximum atomic E-state index is 12.1. The minimum atomic E-state index is -3.24. The van der Waals surface area contributed by atoms with Crippen molar-refractivity contribution < 1.29 is 13.5 Å². The van der Waals surface area contributed by atoms with Crippen LogP contribution in [0.5, 0.6) is 0 Å². The number of hydrogen-bond acceptors (Lipinski definition) is 4. The van der Waals surface area contributed by atoms with Crippen molar-refractivity contribution in [1.29, 1.82) is 0 Å². The van der Waals surface area contributed by atoms with Gasteiger partial charge in [-0.05, 0) is 32.4 Å². The number of aliphatic hydroxyl groups excluding tert-OH is 1. The molecule has 0 aliphatic heterocycles. The van der Waals surface area contributed by atoms with Crippen LogP contribution in [0.3, 0.4) is 0 Å². The molecule has 0 radical (unpaired) electrons. The van der Waals surface area contributed by atoms with Gasteiger partial charge in [0.1, 0.15) is 0 Å². The van der Waals surface area contributed by atoms with E-state index in [1.807, 2.05) is 30.9 Å². The first-order valence-electron chi connectivity index (χ1n) is 6.63. The van der Waals surface area contributed by atoms with E-state index in [1.54, 1.807) is 19.1 Å². The topological polar surface area (TPSA) is 57.6 Å². The highest BCUT2D eigenvalue weighted by Crippen LogP contribution is 2.27. The van der Waals surface area contributed by atoms with E-state index < -0.39 is 9.84 Å². The number of para-hydroxylation sites is 1. The van der Waals surface area contributed by atoms with Gasteiger partial charge in [-0.2, -0.15) is 0 Å². The summed E-state index contributed by atoms with van der Waals surface area (Å²) in [6.45, 7) is 6.44.